The Labute approximate surface area is 152 Å². The molecule has 0 bridgehead atoms. The average molecular weight is 349 g/mol. The van der Waals surface area contributed by atoms with Gasteiger partial charge < -0.3 is 14.5 Å². The van der Waals surface area contributed by atoms with Crippen molar-refractivity contribution in [3.63, 3.8) is 0 Å². The van der Waals surface area contributed by atoms with E-state index in [1.807, 2.05) is 24.0 Å². The Kier molecular flexibility index (Phi) is 3.42. The number of aromatic amines is 1. The smallest absolute Gasteiger partial charge is 0.256 e. The molecule has 0 spiro atoms. The molecule has 2 aliphatic rings. The van der Waals surface area contributed by atoms with Crippen LogP contribution in [-0.2, 0) is 19.4 Å². The van der Waals surface area contributed by atoms with Gasteiger partial charge in [0, 0.05) is 17.6 Å². The second-order valence-corrected chi connectivity index (χ2v) is 7.59. The fourth-order valence-corrected chi connectivity index (χ4v) is 4.66. The maximum Gasteiger partial charge on any atom is 0.256 e. The first-order valence-corrected chi connectivity index (χ1v) is 9.45. The monoisotopic (exact) mass is 349 g/mol. The van der Waals surface area contributed by atoms with Crippen LogP contribution in [0.25, 0.3) is 10.9 Å². The molecule has 3 heterocycles. The number of hydrogen-bond donors (Lipinski definition) is 1. The fraction of sp³-hybridized carbons (Fsp3) is 0.450. The normalized spacial score (nSPS) is 19.5. The van der Waals surface area contributed by atoms with E-state index in [2.05, 4.69) is 32.7 Å². The molecular formula is C20H23N5O. The van der Waals surface area contributed by atoms with Crippen molar-refractivity contribution in [2.75, 3.05) is 6.54 Å². The summed E-state index contributed by atoms with van der Waals surface area (Å²) in [4.78, 5) is 18.8. The molecule has 1 amide bonds. The van der Waals surface area contributed by atoms with Crippen molar-refractivity contribution >= 4 is 16.8 Å². The summed E-state index contributed by atoms with van der Waals surface area (Å²) in [5.74, 6) is 1.86. The molecule has 26 heavy (non-hydrogen) atoms. The largest absolute Gasteiger partial charge is 0.358 e. The van der Waals surface area contributed by atoms with E-state index < -0.39 is 0 Å². The topological polar surface area (TPSA) is 66.8 Å². The molecule has 0 saturated carbocycles. The maximum absolute atomic E-state index is 13.3. The van der Waals surface area contributed by atoms with Crippen molar-refractivity contribution in [3.05, 3.63) is 46.7 Å². The van der Waals surface area contributed by atoms with Gasteiger partial charge in [0.15, 0.2) is 5.82 Å². The number of carbonyl (C=O) groups is 1. The fourth-order valence-electron chi connectivity index (χ4n) is 4.66. The van der Waals surface area contributed by atoms with Crippen LogP contribution in [-0.4, -0.2) is 37.1 Å². The number of hydrogen-bond acceptors (Lipinski definition) is 3. The van der Waals surface area contributed by atoms with Crippen LogP contribution in [0.2, 0.25) is 0 Å². The standard InChI is InChI=1S/C20H23N5O/c1-12-10-24(11-18-23-22-13(2)25(12)18)20(26)16-8-5-7-15-14-6-3-4-9-17(14)21-19(15)16/h5,7-8,12,21H,3-4,6,9-11H2,1-2H3/t12-/m0/s1. The Morgan fingerprint density at radius 2 is 2.08 bits per heavy atom. The minimum Gasteiger partial charge on any atom is -0.358 e. The lowest BCUT2D eigenvalue weighted by atomic mass is 9.95. The number of fused-ring (bicyclic) bond motifs is 4. The Balaban J connectivity index is 1.54. The summed E-state index contributed by atoms with van der Waals surface area (Å²) in [6.07, 6.45) is 4.65. The molecular weight excluding hydrogens is 326 g/mol. The lowest BCUT2D eigenvalue weighted by Gasteiger charge is -2.32. The molecule has 1 aliphatic heterocycles. The number of rotatable bonds is 1. The maximum atomic E-state index is 13.3. The minimum absolute atomic E-state index is 0.0768. The zero-order valence-electron chi connectivity index (χ0n) is 15.2. The third kappa shape index (κ3) is 2.21. The Hall–Kier alpha value is -2.63. The zero-order chi connectivity index (χ0) is 17.8. The SMILES string of the molecule is Cc1nnc2n1[C@@H](C)CN(C(=O)c1cccc3c4c([nH]c13)CCCC4)C2. The molecule has 1 atom stereocenters. The highest BCUT2D eigenvalue weighted by molar-refractivity contribution is 6.06. The van der Waals surface area contributed by atoms with Crippen LogP contribution in [0.5, 0.6) is 0 Å². The molecule has 0 radical (unpaired) electrons. The molecule has 0 saturated heterocycles. The van der Waals surface area contributed by atoms with Crippen LogP contribution in [0.15, 0.2) is 18.2 Å². The summed E-state index contributed by atoms with van der Waals surface area (Å²) >= 11 is 0. The van der Waals surface area contributed by atoms with Crippen LogP contribution in [0, 0.1) is 6.92 Å². The third-order valence-corrected chi connectivity index (χ3v) is 5.85. The molecule has 6 heteroatoms. The van der Waals surface area contributed by atoms with Crippen molar-refractivity contribution < 1.29 is 4.79 Å². The van der Waals surface area contributed by atoms with E-state index in [0.717, 1.165) is 35.6 Å². The summed E-state index contributed by atoms with van der Waals surface area (Å²) in [6, 6.07) is 6.29. The Morgan fingerprint density at radius 1 is 1.23 bits per heavy atom. The van der Waals surface area contributed by atoms with Gasteiger partial charge in [-0.2, -0.15) is 0 Å². The minimum atomic E-state index is 0.0768. The van der Waals surface area contributed by atoms with Gasteiger partial charge in [0.25, 0.3) is 5.91 Å². The lowest BCUT2D eigenvalue weighted by Crippen LogP contribution is -2.40. The predicted molar refractivity (Wildman–Crippen MR) is 99.2 cm³/mol. The second-order valence-electron chi connectivity index (χ2n) is 7.59. The molecule has 0 fully saturated rings. The van der Waals surface area contributed by atoms with E-state index in [0.29, 0.717) is 13.1 Å². The summed E-state index contributed by atoms with van der Waals surface area (Å²) < 4.78 is 2.14. The van der Waals surface area contributed by atoms with Crippen molar-refractivity contribution in [1.29, 1.82) is 0 Å². The summed E-state index contributed by atoms with van der Waals surface area (Å²) in [5, 5.41) is 9.65. The number of amides is 1. The highest BCUT2D eigenvalue weighted by Crippen LogP contribution is 2.32. The van der Waals surface area contributed by atoms with Gasteiger partial charge in [-0.15, -0.1) is 10.2 Å². The number of nitrogens with zero attached hydrogens (tertiary/aromatic N) is 4. The number of nitrogens with one attached hydrogen (secondary N) is 1. The highest BCUT2D eigenvalue weighted by Gasteiger charge is 2.30. The van der Waals surface area contributed by atoms with Gasteiger partial charge in [-0.1, -0.05) is 12.1 Å². The summed E-state index contributed by atoms with van der Waals surface area (Å²) in [6.45, 7) is 5.28. The molecule has 5 rings (SSSR count). The van der Waals surface area contributed by atoms with Gasteiger partial charge in [0.1, 0.15) is 5.82 Å². The quantitative estimate of drug-likeness (QED) is 0.734. The van der Waals surface area contributed by atoms with Crippen LogP contribution in [0.4, 0.5) is 0 Å². The molecule has 1 N–H and O–H groups in total. The number of aromatic nitrogens is 4. The van der Waals surface area contributed by atoms with Crippen molar-refractivity contribution in [3.8, 4) is 0 Å². The van der Waals surface area contributed by atoms with E-state index in [-0.39, 0.29) is 11.9 Å². The Morgan fingerprint density at radius 3 is 2.96 bits per heavy atom. The number of aryl methyl sites for hydroxylation is 3. The van der Waals surface area contributed by atoms with E-state index in [4.69, 9.17) is 0 Å². The van der Waals surface area contributed by atoms with E-state index in [1.165, 1.54) is 29.5 Å². The van der Waals surface area contributed by atoms with E-state index in [1.54, 1.807) is 0 Å². The van der Waals surface area contributed by atoms with Crippen molar-refractivity contribution in [2.45, 2.75) is 52.1 Å². The van der Waals surface area contributed by atoms with Crippen LogP contribution in [0.1, 0.15) is 59.1 Å². The van der Waals surface area contributed by atoms with Crippen molar-refractivity contribution in [2.24, 2.45) is 0 Å². The van der Waals surface area contributed by atoms with Crippen LogP contribution in [0.3, 0.4) is 0 Å². The van der Waals surface area contributed by atoms with E-state index in [9.17, 15) is 4.79 Å². The molecule has 134 valence electrons. The molecule has 1 aliphatic carbocycles. The van der Waals surface area contributed by atoms with Crippen LogP contribution < -0.4 is 0 Å². The predicted octanol–water partition coefficient (Wildman–Crippen LogP) is 3.16. The van der Waals surface area contributed by atoms with Crippen molar-refractivity contribution in [1.82, 2.24) is 24.6 Å². The zero-order valence-corrected chi connectivity index (χ0v) is 15.2. The number of carbonyl (C=O) groups excluding carboxylic acids is 1. The third-order valence-electron chi connectivity index (χ3n) is 5.85. The molecule has 0 unspecified atom stereocenters. The lowest BCUT2D eigenvalue weighted by molar-refractivity contribution is 0.0682. The average Bonchev–Trinajstić information content (AvgIpc) is 3.22. The second kappa shape index (κ2) is 5.69. The first-order valence-electron chi connectivity index (χ1n) is 9.45. The molecule has 6 nitrogen and oxygen atoms in total. The first kappa shape index (κ1) is 15.6. The van der Waals surface area contributed by atoms with Gasteiger partial charge in [0.2, 0.25) is 0 Å². The summed E-state index contributed by atoms with van der Waals surface area (Å²) in [7, 11) is 0. The Bertz CT molecular complexity index is 1010. The molecule has 3 aromatic rings. The number of benzene rings is 1. The van der Waals surface area contributed by atoms with Gasteiger partial charge in [-0.25, -0.2) is 0 Å². The number of H-pyrrole nitrogens is 1. The van der Waals surface area contributed by atoms with Gasteiger partial charge >= 0.3 is 0 Å². The van der Waals surface area contributed by atoms with E-state index >= 15 is 0 Å². The summed E-state index contributed by atoms with van der Waals surface area (Å²) in [5.41, 5.74) is 4.49. The molecule has 2 aromatic heterocycles. The first-order chi connectivity index (χ1) is 12.6. The van der Waals surface area contributed by atoms with Crippen LogP contribution >= 0.6 is 0 Å². The number of para-hydroxylation sites is 1. The van der Waals surface area contributed by atoms with Gasteiger partial charge in [0.05, 0.1) is 23.7 Å². The van der Waals surface area contributed by atoms with Gasteiger partial charge in [-0.3, -0.25) is 4.79 Å². The van der Waals surface area contributed by atoms with Gasteiger partial charge in [-0.05, 0) is 51.2 Å². The molecule has 1 aromatic carbocycles. The highest BCUT2D eigenvalue weighted by atomic mass is 16.2.